The van der Waals surface area contributed by atoms with Crippen LogP contribution in [0.3, 0.4) is 0 Å². The van der Waals surface area contributed by atoms with Gasteiger partial charge in [-0.1, -0.05) is 31.2 Å². The van der Waals surface area contributed by atoms with E-state index in [1.807, 2.05) is 24.0 Å². The standard InChI is InChI=1S/C27H30FN5O2/c1-2-26(34)33-12-10-20(11-13-33)19-6-8-22(9-7-19)32-25-15-24(23(17-31-25)27(29)35)30-16-18-4-3-5-21(28)14-18/h3-9,14-15,17,20H,2,10-13,16H2,1H3,(H2,29,35)(H2,30,31,32). The average Bonchev–Trinajstić information content (AvgIpc) is 2.87. The first-order valence-corrected chi connectivity index (χ1v) is 11.9. The largest absolute Gasteiger partial charge is 0.380 e. The molecule has 0 aliphatic carbocycles. The Balaban J connectivity index is 1.41. The van der Waals surface area contributed by atoms with Crippen LogP contribution < -0.4 is 16.4 Å². The summed E-state index contributed by atoms with van der Waals surface area (Å²) in [7, 11) is 0. The zero-order chi connectivity index (χ0) is 24.8. The van der Waals surface area contributed by atoms with Gasteiger partial charge in [-0.25, -0.2) is 9.37 Å². The zero-order valence-electron chi connectivity index (χ0n) is 19.8. The highest BCUT2D eigenvalue weighted by molar-refractivity contribution is 5.98. The number of nitrogens with two attached hydrogens (primary N) is 1. The highest BCUT2D eigenvalue weighted by atomic mass is 19.1. The first-order chi connectivity index (χ1) is 16.9. The summed E-state index contributed by atoms with van der Waals surface area (Å²) in [6.45, 7) is 3.84. The Kier molecular flexibility index (Phi) is 7.60. The third-order valence-corrected chi connectivity index (χ3v) is 6.35. The maximum absolute atomic E-state index is 13.5. The van der Waals surface area contributed by atoms with Crippen LogP contribution in [0.4, 0.5) is 21.6 Å². The van der Waals surface area contributed by atoms with Crippen molar-refractivity contribution in [2.24, 2.45) is 5.73 Å². The Morgan fingerprint density at radius 1 is 1.11 bits per heavy atom. The SMILES string of the molecule is CCC(=O)N1CCC(c2ccc(Nc3cc(NCc4cccc(F)c4)c(C(N)=O)cn3)cc2)CC1. The molecule has 0 saturated carbocycles. The summed E-state index contributed by atoms with van der Waals surface area (Å²) in [4.78, 5) is 30.0. The Morgan fingerprint density at radius 3 is 2.51 bits per heavy atom. The van der Waals surface area contributed by atoms with E-state index in [1.54, 1.807) is 18.2 Å². The fraction of sp³-hybridized carbons (Fsp3) is 0.296. The highest BCUT2D eigenvalue weighted by Gasteiger charge is 2.22. The molecule has 1 fully saturated rings. The van der Waals surface area contributed by atoms with Crippen LogP contribution in [-0.4, -0.2) is 34.8 Å². The lowest BCUT2D eigenvalue weighted by Crippen LogP contribution is -2.37. The van der Waals surface area contributed by atoms with Crippen LogP contribution in [0.1, 0.15) is 53.6 Å². The van der Waals surface area contributed by atoms with Crippen LogP contribution in [-0.2, 0) is 11.3 Å². The van der Waals surface area contributed by atoms with Crippen molar-refractivity contribution in [3.05, 3.63) is 83.3 Å². The highest BCUT2D eigenvalue weighted by Crippen LogP contribution is 2.30. The van der Waals surface area contributed by atoms with E-state index < -0.39 is 5.91 Å². The molecule has 7 nitrogen and oxygen atoms in total. The van der Waals surface area contributed by atoms with E-state index in [9.17, 15) is 14.0 Å². The molecule has 0 unspecified atom stereocenters. The number of carbonyl (C=O) groups is 2. The average molecular weight is 476 g/mol. The molecule has 4 rings (SSSR count). The normalized spacial score (nSPS) is 13.9. The fourth-order valence-corrected chi connectivity index (χ4v) is 4.38. The van der Waals surface area contributed by atoms with E-state index in [0.717, 1.165) is 37.2 Å². The minimum Gasteiger partial charge on any atom is -0.380 e. The summed E-state index contributed by atoms with van der Waals surface area (Å²) in [5.74, 6) is 0.303. The van der Waals surface area contributed by atoms with Crippen LogP contribution in [0, 0.1) is 5.82 Å². The number of hydrogen-bond acceptors (Lipinski definition) is 5. The van der Waals surface area contributed by atoms with E-state index >= 15 is 0 Å². The third kappa shape index (κ3) is 6.15. The van der Waals surface area contributed by atoms with Gasteiger partial charge < -0.3 is 21.3 Å². The van der Waals surface area contributed by atoms with Crippen LogP contribution in [0.25, 0.3) is 0 Å². The van der Waals surface area contributed by atoms with Gasteiger partial charge in [-0.2, -0.15) is 0 Å². The molecule has 2 amide bonds. The van der Waals surface area contributed by atoms with E-state index in [2.05, 4.69) is 27.8 Å². The number of carbonyl (C=O) groups excluding carboxylic acids is 2. The lowest BCUT2D eigenvalue weighted by atomic mass is 9.89. The second kappa shape index (κ2) is 11.0. The maximum atomic E-state index is 13.5. The molecular formula is C27H30FN5O2. The fourth-order valence-electron chi connectivity index (χ4n) is 4.38. The van der Waals surface area contributed by atoms with Gasteiger partial charge in [0.1, 0.15) is 11.6 Å². The summed E-state index contributed by atoms with van der Waals surface area (Å²) < 4.78 is 13.5. The van der Waals surface area contributed by atoms with Gasteiger partial charge in [-0.15, -0.1) is 0 Å². The van der Waals surface area contributed by atoms with Gasteiger partial charge in [0.25, 0.3) is 5.91 Å². The first kappa shape index (κ1) is 24.2. The molecule has 2 heterocycles. The van der Waals surface area contributed by atoms with Crippen molar-refractivity contribution in [3.8, 4) is 0 Å². The van der Waals surface area contributed by atoms with Gasteiger partial charge in [-0.3, -0.25) is 9.59 Å². The Labute approximate surface area is 204 Å². The van der Waals surface area contributed by atoms with Crippen molar-refractivity contribution in [2.45, 2.75) is 38.6 Å². The van der Waals surface area contributed by atoms with Crippen molar-refractivity contribution in [2.75, 3.05) is 23.7 Å². The van der Waals surface area contributed by atoms with Crippen molar-refractivity contribution in [1.29, 1.82) is 0 Å². The van der Waals surface area contributed by atoms with Crippen molar-refractivity contribution in [1.82, 2.24) is 9.88 Å². The second-order valence-corrected chi connectivity index (χ2v) is 8.72. The van der Waals surface area contributed by atoms with Crippen LogP contribution in [0.2, 0.25) is 0 Å². The number of aromatic nitrogens is 1. The van der Waals surface area contributed by atoms with Crippen molar-refractivity contribution >= 4 is 29.0 Å². The first-order valence-electron chi connectivity index (χ1n) is 11.9. The predicted octanol–water partition coefficient (Wildman–Crippen LogP) is 4.79. The number of pyridine rings is 1. The second-order valence-electron chi connectivity index (χ2n) is 8.72. The monoisotopic (exact) mass is 475 g/mol. The smallest absolute Gasteiger partial charge is 0.252 e. The summed E-state index contributed by atoms with van der Waals surface area (Å²) in [6, 6.07) is 16.2. The lowest BCUT2D eigenvalue weighted by molar-refractivity contribution is -0.131. The topological polar surface area (TPSA) is 100 Å². The van der Waals surface area contributed by atoms with Gasteiger partial charge in [0.05, 0.1) is 11.3 Å². The minimum atomic E-state index is -0.596. The molecule has 0 spiro atoms. The van der Waals surface area contributed by atoms with Gasteiger partial charge in [0.2, 0.25) is 5.91 Å². The quantitative estimate of drug-likeness (QED) is 0.435. The Hall–Kier alpha value is -3.94. The maximum Gasteiger partial charge on any atom is 0.252 e. The molecule has 0 atom stereocenters. The minimum absolute atomic E-state index is 0.225. The zero-order valence-corrected chi connectivity index (χ0v) is 19.8. The number of amides is 2. The predicted molar refractivity (Wildman–Crippen MR) is 135 cm³/mol. The van der Waals surface area contributed by atoms with Crippen molar-refractivity contribution < 1.29 is 14.0 Å². The molecule has 4 N–H and O–H groups in total. The van der Waals surface area contributed by atoms with E-state index in [1.165, 1.54) is 23.9 Å². The molecule has 2 aromatic carbocycles. The summed E-state index contributed by atoms with van der Waals surface area (Å²) >= 11 is 0. The van der Waals surface area contributed by atoms with Crippen LogP contribution in [0.5, 0.6) is 0 Å². The molecule has 8 heteroatoms. The number of piperidine rings is 1. The summed E-state index contributed by atoms with van der Waals surface area (Å²) in [5.41, 5.74) is 9.15. The Morgan fingerprint density at radius 2 is 1.86 bits per heavy atom. The molecule has 35 heavy (non-hydrogen) atoms. The number of likely N-dealkylation sites (tertiary alicyclic amines) is 1. The lowest BCUT2D eigenvalue weighted by Gasteiger charge is -2.32. The number of primary amides is 1. The molecular weight excluding hydrogens is 445 g/mol. The number of hydrogen-bond donors (Lipinski definition) is 3. The van der Waals surface area contributed by atoms with E-state index in [-0.39, 0.29) is 17.3 Å². The van der Waals surface area contributed by atoms with Crippen LogP contribution in [0.15, 0.2) is 60.8 Å². The molecule has 182 valence electrons. The molecule has 1 aromatic heterocycles. The number of nitrogens with one attached hydrogen (secondary N) is 2. The summed E-state index contributed by atoms with van der Waals surface area (Å²) in [5, 5.41) is 6.42. The van der Waals surface area contributed by atoms with Gasteiger partial charge in [0, 0.05) is 44.0 Å². The van der Waals surface area contributed by atoms with E-state index in [4.69, 9.17) is 5.73 Å². The molecule has 1 aliphatic rings. The van der Waals surface area contributed by atoms with Gasteiger partial charge >= 0.3 is 0 Å². The number of benzene rings is 2. The molecule has 1 saturated heterocycles. The number of halogens is 1. The Bertz CT molecular complexity index is 1190. The number of nitrogens with zero attached hydrogens (tertiary/aromatic N) is 2. The molecule has 3 aromatic rings. The third-order valence-electron chi connectivity index (χ3n) is 6.35. The van der Waals surface area contributed by atoms with E-state index in [0.29, 0.717) is 30.4 Å². The summed E-state index contributed by atoms with van der Waals surface area (Å²) in [6.07, 6.45) is 3.92. The van der Waals surface area contributed by atoms with Gasteiger partial charge in [0.15, 0.2) is 0 Å². The number of rotatable bonds is 8. The number of anilines is 3. The molecule has 0 bridgehead atoms. The molecule has 1 aliphatic heterocycles. The molecule has 0 radical (unpaired) electrons. The van der Waals surface area contributed by atoms with Crippen LogP contribution >= 0.6 is 0 Å². The van der Waals surface area contributed by atoms with Crippen molar-refractivity contribution in [3.63, 3.8) is 0 Å². The van der Waals surface area contributed by atoms with Gasteiger partial charge in [-0.05, 0) is 54.2 Å².